The first kappa shape index (κ1) is 17.1. The maximum absolute atomic E-state index is 4.74. The van der Waals surface area contributed by atoms with Crippen LogP contribution in [0.2, 0.25) is 0 Å². The Kier molecular flexibility index (Phi) is 5.73. The van der Waals surface area contributed by atoms with Gasteiger partial charge in [-0.25, -0.2) is 4.98 Å². The molecule has 0 spiro atoms. The normalized spacial score (nSPS) is 12.1. The van der Waals surface area contributed by atoms with E-state index < -0.39 is 0 Å². The number of aromatic nitrogens is 1. The molecular formula is C18H27N3S. The highest BCUT2D eigenvalue weighted by atomic mass is 32.1. The molecule has 0 atom stereocenters. The van der Waals surface area contributed by atoms with Gasteiger partial charge in [0.15, 0.2) is 0 Å². The maximum atomic E-state index is 4.74. The number of nitrogens with zero attached hydrogens (tertiary/aromatic N) is 2. The van der Waals surface area contributed by atoms with Gasteiger partial charge in [-0.2, -0.15) is 0 Å². The van der Waals surface area contributed by atoms with Crippen molar-refractivity contribution in [2.75, 3.05) is 27.2 Å². The summed E-state index contributed by atoms with van der Waals surface area (Å²) < 4.78 is 0. The molecule has 0 aliphatic heterocycles. The van der Waals surface area contributed by atoms with Crippen molar-refractivity contribution in [3.05, 3.63) is 40.9 Å². The third-order valence-corrected chi connectivity index (χ3v) is 4.44. The number of aryl methyl sites for hydroxylation is 1. The minimum atomic E-state index is 0.263. The maximum Gasteiger partial charge on any atom is 0.123 e. The van der Waals surface area contributed by atoms with Gasteiger partial charge in [0, 0.05) is 30.6 Å². The lowest BCUT2D eigenvalue weighted by atomic mass is 9.93. The highest BCUT2D eigenvalue weighted by Gasteiger charge is 2.18. The number of hydrogen-bond donors (Lipinski definition) is 1. The van der Waals surface area contributed by atoms with E-state index in [2.05, 4.69) is 74.7 Å². The summed E-state index contributed by atoms with van der Waals surface area (Å²) in [6.45, 7) is 9.58. The molecule has 0 aliphatic rings. The molecule has 0 unspecified atom stereocenters. The molecule has 22 heavy (non-hydrogen) atoms. The van der Waals surface area contributed by atoms with Gasteiger partial charge in [0.25, 0.3) is 0 Å². The number of hydrogen-bond acceptors (Lipinski definition) is 4. The molecule has 1 aromatic carbocycles. The summed E-state index contributed by atoms with van der Waals surface area (Å²) in [7, 11) is 4.24. The van der Waals surface area contributed by atoms with Crippen LogP contribution in [-0.4, -0.2) is 37.1 Å². The van der Waals surface area contributed by atoms with Gasteiger partial charge in [-0.1, -0.05) is 43.7 Å². The first-order valence-electron chi connectivity index (χ1n) is 7.73. The summed E-state index contributed by atoms with van der Waals surface area (Å²) >= 11 is 1.72. The molecule has 0 fully saturated rings. The second-order valence-electron chi connectivity index (χ2n) is 7.02. The molecule has 0 amide bonds. The summed E-state index contributed by atoms with van der Waals surface area (Å²) in [6, 6.07) is 8.56. The molecule has 0 aliphatic carbocycles. The second-order valence-corrected chi connectivity index (χ2v) is 7.87. The van der Waals surface area contributed by atoms with Gasteiger partial charge in [-0.15, -0.1) is 11.3 Å². The second kappa shape index (κ2) is 7.36. The summed E-state index contributed by atoms with van der Waals surface area (Å²) in [5, 5.41) is 6.79. The zero-order valence-electron chi connectivity index (χ0n) is 14.3. The van der Waals surface area contributed by atoms with Gasteiger partial charge in [-0.05, 0) is 26.4 Å². The molecule has 0 saturated carbocycles. The number of nitrogens with one attached hydrogen (secondary N) is 1. The first-order chi connectivity index (χ1) is 10.4. The summed E-state index contributed by atoms with van der Waals surface area (Å²) in [4.78, 5) is 6.97. The highest BCUT2D eigenvalue weighted by molar-refractivity contribution is 7.13. The lowest BCUT2D eigenvalue weighted by Gasteiger charge is -2.28. The predicted molar refractivity (Wildman–Crippen MR) is 96.3 cm³/mol. The van der Waals surface area contributed by atoms with Crippen LogP contribution in [0.3, 0.4) is 0 Å². The predicted octanol–water partition coefficient (Wildman–Crippen LogP) is 3.80. The van der Waals surface area contributed by atoms with E-state index in [9.17, 15) is 0 Å². The van der Waals surface area contributed by atoms with Gasteiger partial charge < -0.3 is 10.2 Å². The first-order valence-corrected chi connectivity index (χ1v) is 8.61. The van der Waals surface area contributed by atoms with Gasteiger partial charge in [0.1, 0.15) is 5.01 Å². The summed E-state index contributed by atoms with van der Waals surface area (Å²) in [5.74, 6) is 0. The minimum absolute atomic E-state index is 0.263. The third kappa shape index (κ3) is 5.20. The Bertz CT molecular complexity index is 585. The van der Waals surface area contributed by atoms with Crippen molar-refractivity contribution in [2.24, 2.45) is 5.41 Å². The van der Waals surface area contributed by atoms with E-state index in [1.165, 1.54) is 11.1 Å². The van der Waals surface area contributed by atoms with Crippen molar-refractivity contribution in [3.63, 3.8) is 0 Å². The lowest BCUT2D eigenvalue weighted by molar-refractivity contribution is 0.232. The van der Waals surface area contributed by atoms with Crippen molar-refractivity contribution in [1.82, 2.24) is 15.2 Å². The van der Waals surface area contributed by atoms with Gasteiger partial charge in [0.05, 0.1) is 5.69 Å². The Morgan fingerprint density at radius 2 is 1.86 bits per heavy atom. The lowest BCUT2D eigenvalue weighted by Crippen LogP contribution is -2.37. The van der Waals surface area contributed by atoms with Crippen LogP contribution in [0.1, 0.15) is 25.1 Å². The fourth-order valence-electron chi connectivity index (χ4n) is 2.66. The van der Waals surface area contributed by atoms with Gasteiger partial charge in [-0.3, -0.25) is 0 Å². The Morgan fingerprint density at radius 3 is 2.50 bits per heavy atom. The molecule has 2 aromatic rings. The van der Waals surface area contributed by atoms with Crippen LogP contribution in [0.15, 0.2) is 29.6 Å². The monoisotopic (exact) mass is 317 g/mol. The Labute approximate surface area is 138 Å². The molecule has 1 aromatic heterocycles. The van der Waals surface area contributed by atoms with E-state index in [1.54, 1.807) is 11.3 Å². The molecule has 0 bridgehead atoms. The van der Waals surface area contributed by atoms with Crippen molar-refractivity contribution in [3.8, 4) is 10.6 Å². The quantitative estimate of drug-likeness (QED) is 0.842. The van der Waals surface area contributed by atoms with Crippen molar-refractivity contribution < 1.29 is 0 Å². The zero-order chi connectivity index (χ0) is 16.2. The van der Waals surface area contributed by atoms with E-state index in [0.717, 1.165) is 30.3 Å². The molecule has 4 heteroatoms. The third-order valence-electron chi connectivity index (χ3n) is 3.50. The van der Waals surface area contributed by atoms with Crippen LogP contribution in [0.4, 0.5) is 0 Å². The van der Waals surface area contributed by atoms with Crippen molar-refractivity contribution in [2.45, 2.75) is 27.3 Å². The zero-order valence-corrected chi connectivity index (χ0v) is 15.1. The standard InChI is InChI=1S/C18H27N3S/c1-14-6-8-15(9-7-14)17-20-16(11-22-17)10-19-12-18(2,3)13-21(4)5/h6-9,11,19H,10,12-13H2,1-5H3. The topological polar surface area (TPSA) is 28.2 Å². The molecule has 2 rings (SSSR count). The molecule has 1 heterocycles. The smallest absolute Gasteiger partial charge is 0.123 e. The van der Waals surface area contributed by atoms with E-state index in [-0.39, 0.29) is 5.41 Å². The fraction of sp³-hybridized carbons (Fsp3) is 0.500. The Balaban J connectivity index is 1.89. The SMILES string of the molecule is Cc1ccc(-c2nc(CNCC(C)(C)CN(C)C)cs2)cc1. The average Bonchev–Trinajstić information content (AvgIpc) is 2.86. The largest absolute Gasteiger partial charge is 0.311 e. The van der Waals surface area contributed by atoms with Crippen LogP contribution >= 0.6 is 11.3 Å². The molecule has 1 N–H and O–H groups in total. The molecule has 3 nitrogen and oxygen atoms in total. The van der Waals surface area contributed by atoms with E-state index in [1.807, 2.05) is 0 Å². The van der Waals surface area contributed by atoms with E-state index >= 15 is 0 Å². The van der Waals surface area contributed by atoms with Crippen LogP contribution in [0.25, 0.3) is 10.6 Å². The Hall–Kier alpha value is -1.23. The van der Waals surface area contributed by atoms with Gasteiger partial charge >= 0.3 is 0 Å². The van der Waals surface area contributed by atoms with Gasteiger partial charge in [0.2, 0.25) is 0 Å². The molecular weight excluding hydrogens is 290 g/mol. The molecule has 0 saturated heterocycles. The highest BCUT2D eigenvalue weighted by Crippen LogP contribution is 2.24. The molecule has 120 valence electrons. The fourth-order valence-corrected chi connectivity index (χ4v) is 3.48. The summed E-state index contributed by atoms with van der Waals surface area (Å²) in [6.07, 6.45) is 0. The van der Waals surface area contributed by atoms with E-state index in [0.29, 0.717) is 0 Å². The molecule has 0 radical (unpaired) electrons. The number of benzene rings is 1. The summed E-state index contributed by atoms with van der Waals surface area (Å²) in [5.41, 5.74) is 3.88. The van der Waals surface area contributed by atoms with Crippen LogP contribution < -0.4 is 5.32 Å². The van der Waals surface area contributed by atoms with Crippen molar-refractivity contribution >= 4 is 11.3 Å². The Morgan fingerprint density at radius 1 is 1.18 bits per heavy atom. The van der Waals surface area contributed by atoms with Crippen LogP contribution in [0.5, 0.6) is 0 Å². The number of rotatable bonds is 7. The van der Waals surface area contributed by atoms with Crippen molar-refractivity contribution in [1.29, 1.82) is 0 Å². The minimum Gasteiger partial charge on any atom is -0.311 e. The average molecular weight is 318 g/mol. The van der Waals surface area contributed by atoms with E-state index in [4.69, 9.17) is 4.98 Å². The number of thiazole rings is 1. The van der Waals surface area contributed by atoms with Crippen LogP contribution in [0, 0.1) is 12.3 Å². The van der Waals surface area contributed by atoms with Crippen LogP contribution in [-0.2, 0) is 6.54 Å².